The van der Waals surface area contributed by atoms with Crippen LogP contribution in [0.1, 0.15) is 15.9 Å². The van der Waals surface area contributed by atoms with Gasteiger partial charge in [0.1, 0.15) is 5.65 Å². The van der Waals surface area contributed by atoms with Gasteiger partial charge in [-0.3, -0.25) is 14.5 Å². The highest BCUT2D eigenvalue weighted by Gasteiger charge is 2.17. The molecule has 2 aromatic carbocycles. The van der Waals surface area contributed by atoms with Crippen molar-refractivity contribution < 1.29 is 14.3 Å². The Balaban J connectivity index is 1.48. The zero-order valence-corrected chi connectivity index (χ0v) is 18.0. The van der Waals surface area contributed by atoms with E-state index in [2.05, 4.69) is 14.9 Å². The summed E-state index contributed by atoms with van der Waals surface area (Å²) in [7, 11) is 0. The average molecular weight is 441 g/mol. The zero-order valence-electron chi connectivity index (χ0n) is 18.0. The summed E-state index contributed by atoms with van der Waals surface area (Å²) >= 11 is 0. The first-order valence-electron chi connectivity index (χ1n) is 10.8. The lowest BCUT2D eigenvalue weighted by molar-refractivity contribution is -0.106. The van der Waals surface area contributed by atoms with E-state index >= 15 is 0 Å². The molecule has 166 valence electrons. The molecule has 0 aliphatic carbocycles. The Kier molecular flexibility index (Phi) is 5.82. The number of benzene rings is 2. The fraction of sp³-hybridized carbons (Fsp3) is 0.200. The van der Waals surface area contributed by atoms with Gasteiger partial charge in [0, 0.05) is 48.7 Å². The lowest BCUT2D eigenvalue weighted by atomic mass is 10.2. The Hall–Kier alpha value is -4.04. The summed E-state index contributed by atoms with van der Waals surface area (Å²) in [5, 5.41) is 0.651. The summed E-state index contributed by atoms with van der Waals surface area (Å²) in [4.78, 5) is 36.3. The molecule has 4 aromatic rings. The van der Waals surface area contributed by atoms with Crippen LogP contribution >= 0.6 is 0 Å². The van der Waals surface area contributed by atoms with Crippen LogP contribution in [0.3, 0.4) is 0 Å². The molecule has 0 unspecified atom stereocenters. The maximum atomic E-state index is 12.0. The molecular formula is C25H23N5O3. The molecule has 0 bridgehead atoms. The van der Waals surface area contributed by atoms with Gasteiger partial charge >= 0.3 is 0 Å². The van der Waals surface area contributed by atoms with Gasteiger partial charge in [0.15, 0.2) is 6.29 Å². The first-order chi connectivity index (χ1) is 16.3. The molecule has 33 heavy (non-hydrogen) atoms. The van der Waals surface area contributed by atoms with Gasteiger partial charge < -0.3 is 14.2 Å². The van der Waals surface area contributed by atoms with Crippen molar-refractivity contribution in [1.29, 1.82) is 0 Å². The Morgan fingerprint density at radius 2 is 1.76 bits per heavy atom. The molecule has 8 nitrogen and oxygen atoms in total. The van der Waals surface area contributed by atoms with Crippen LogP contribution in [-0.4, -0.2) is 53.5 Å². The first-order valence-corrected chi connectivity index (χ1v) is 10.8. The van der Waals surface area contributed by atoms with Crippen LogP contribution < -0.4 is 9.80 Å². The van der Waals surface area contributed by atoms with E-state index in [4.69, 9.17) is 4.74 Å². The molecule has 0 spiro atoms. The molecule has 3 heterocycles. The normalized spacial score (nSPS) is 13.8. The van der Waals surface area contributed by atoms with E-state index in [0.717, 1.165) is 30.6 Å². The summed E-state index contributed by atoms with van der Waals surface area (Å²) in [6, 6.07) is 17.7. The van der Waals surface area contributed by atoms with Gasteiger partial charge in [-0.1, -0.05) is 30.3 Å². The number of anilines is 3. The number of ether oxygens (including phenoxy) is 1. The lowest BCUT2D eigenvalue weighted by Gasteiger charge is -2.29. The number of carbonyl (C=O) groups is 2. The highest BCUT2D eigenvalue weighted by Crippen LogP contribution is 2.27. The molecule has 2 aromatic heterocycles. The van der Waals surface area contributed by atoms with E-state index in [-0.39, 0.29) is 5.95 Å². The third-order valence-corrected chi connectivity index (χ3v) is 5.78. The fourth-order valence-electron chi connectivity index (χ4n) is 4.06. The van der Waals surface area contributed by atoms with Crippen LogP contribution in [0.25, 0.3) is 11.0 Å². The number of amides is 1. The summed E-state index contributed by atoms with van der Waals surface area (Å²) in [5.74, 6) is 0.251. The molecule has 0 atom stereocenters. The molecular weight excluding hydrogens is 418 g/mol. The SMILES string of the molecule is O=Cc1cn(Cc2ccccc2)c2nc(N(C=O)c3ccc(N4CCOCC4)cc3)ncc12. The van der Waals surface area contributed by atoms with Gasteiger partial charge in [-0.2, -0.15) is 4.98 Å². The molecule has 0 saturated carbocycles. The van der Waals surface area contributed by atoms with E-state index < -0.39 is 0 Å². The topological polar surface area (TPSA) is 80.6 Å². The van der Waals surface area contributed by atoms with E-state index in [1.807, 2.05) is 59.2 Å². The monoisotopic (exact) mass is 441 g/mol. The van der Waals surface area contributed by atoms with Gasteiger partial charge in [0.2, 0.25) is 12.4 Å². The zero-order chi connectivity index (χ0) is 22.6. The van der Waals surface area contributed by atoms with Gasteiger partial charge in [0.05, 0.1) is 18.9 Å². The minimum absolute atomic E-state index is 0.251. The smallest absolute Gasteiger partial charge is 0.238 e. The average Bonchev–Trinajstić information content (AvgIpc) is 3.23. The highest BCUT2D eigenvalue weighted by atomic mass is 16.5. The van der Waals surface area contributed by atoms with Crippen LogP contribution in [0, 0.1) is 0 Å². The lowest BCUT2D eigenvalue weighted by Crippen LogP contribution is -2.36. The Morgan fingerprint density at radius 3 is 2.45 bits per heavy atom. The van der Waals surface area contributed by atoms with Crippen molar-refractivity contribution in [2.75, 3.05) is 36.1 Å². The number of rotatable bonds is 7. The minimum Gasteiger partial charge on any atom is -0.378 e. The number of nitrogens with zero attached hydrogens (tertiary/aromatic N) is 5. The molecule has 1 aliphatic rings. The molecule has 1 fully saturated rings. The second-order valence-electron chi connectivity index (χ2n) is 7.81. The molecule has 1 aliphatic heterocycles. The minimum atomic E-state index is 0.251. The Morgan fingerprint density at radius 1 is 1.00 bits per heavy atom. The number of aromatic nitrogens is 3. The van der Waals surface area contributed by atoms with Crippen LogP contribution in [-0.2, 0) is 16.1 Å². The summed E-state index contributed by atoms with van der Waals surface area (Å²) < 4.78 is 7.32. The van der Waals surface area contributed by atoms with Crippen LogP contribution in [0.5, 0.6) is 0 Å². The molecule has 0 radical (unpaired) electrons. The first kappa shape index (κ1) is 20.8. The van der Waals surface area contributed by atoms with E-state index in [1.165, 1.54) is 4.90 Å². The number of aldehydes is 1. The van der Waals surface area contributed by atoms with Crippen LogP contribution in [0.2, 0.25) is 0 Å². The molecule has 0 N–H and O–H groups in total. The molecule has 5 rings (SSSR count). The van der Waals surface area contributed by atoms with E-state index in [1.54, 1.807) is 12.4 Å². The van der Waals surface area contributed by atoms with Crippen molar-refractivity contribution in [2.45, 2.75) is 6.54 Å². The fourth-order valence-corrected chi connectivity index (χ4v) is 4.06. The number of carbonyl (C=O) groups excluding carboxylic acids is 2. The van der Waals surface area contributed by atoms with Gasteiger partial charge in [0.25, 0.3) is 0 Å². The predicted molar refractivity (Wildman–Crippen MR) is 126 cm³/mol. The summed E-state index contributed by atoms with van der Waals surface area (Å²) in [5.41, 5.74) is 3.94. The Labute approximate surface area is 191 Å². The van der Waals surface area contributed by atoms with Crippen LogP contribution in [0.4, 0.5) is 17.3 Å². The quantitative estimate of drug-likeness (QED) is 0.409. The third kappa shape index (κ3) is 4.20. The molecule has 1 saturated heterocycles. The maximum Gasteiger partial charge on any atom is 0.238 e. The van der Waals surface area contributed by atoms with Crippen molar-refractivity contribution in [2.24, 2.45) is 0 Å². The largest absolute Gasteiger partial charge is 0.378 e. The maximum absolute atomic E-state index is 12.0. The highest BCUT2D eigenvalue weighted by molar-refractivity contribution is 5.96. The van der Waals surface area contributed by atoms with Gasteiger partial charge in [-0.15, -0.1) is 0 Å². The number of hydrogen-bond acceptors (Lipinski definition) is 6. The molecule has 1 amide bonds. The summed E-state index contributed by atoms with van der Waals surface area (Å²) in [6.07, 6.45) is 4.87. The van der Waals surface area contributed by atoms with Crippen LogP contribution in [0.15, 0.2) is 67.0 Å². The van der Waals surface area contributed by atoms with Crippen molar-refractivity contribution in [3.05, 3.63) is 78.1 Å². The second-order valence-corrected chi connectivity index (χ2v) is 7.81. The van der Waals surface area contributed by atoms with Crippen molar-refractivity contribution in [1.82, 2.24) is 14.5 Å². The van der Waals surface area contributed by atoms with E-state index in [9.17, 15) is 9.59 Å². The Bertz CT molecular complexity index is 1260. The number of hydrogen-bond donors (Lipinski definition) is 0. The number of fused-ring (bicyclic) bond motifs is 1. The predicted octanol–water partition coefficient (Wildman–Crippen LogP) is 3.42. The van der Waals surface area contributed by atoms with Crippen molar-refractivity contribution >= 4 is 41.1 Å². The molecule has 8 heteroatoms. The van der Waals surface area contributed by atoms with E-state index in [0.29, 0.717) is 48.5 Å². The van der Waals surface area contributed by atoms with Crippen molar-refractivity contribution in [3.8, 4) is 0 Å². The summed E-state index contributed by atoms with van der Waals surface area (Å²) in [6.45, 7) is 3.65. The third-order valence-electron chi connectivity index (χ3n) is 5.78. The standard InChI is InChI=1S/C25H23N5O3/c31-17-20-16-29(15-19-4-2-1-3-5-19)24-23(20)14-26-25(27-24)30(18-32)22-8-6-21(7-9-22)28-10-12-33-13-11-28/h1-9,14,16-18H,10-13,15H2. The van der Waals surface area contributed by atoms with Gasteiger partial charge in [-0.05, 0) is 29.8 Å². The van der Waals surface area contributed by atoms with Gasteiger partial charge in [-0.25, -0.2) is 4.98 Å². The van der Waals surface area contributed by atoms with Crippen molar-refractivity contribution in [3.63, 3.8) is 0 Å². The number of morpholine rings is 1. The second kappa shape index (κ2) is 9.22.